The summed E-state index contributed by atoms with van der Waals surface area (Å²) in [6.07, 6.45) is 4.90. The number of carbonyl (C=O) groups is 4. The summed E-state index contributed by atoms with van der Waals surface area (Å²) < 4.78 is 12.1. The molecule has 1 atom stereocenters. The Labute approximate surface area is 319 Å². The van der Waals surface area contributed by atoms with E-state index >= 15 is 0 Å². The third kappa shape index (κ3) is 10.3. The van der Waals surface area contributed by atoms with E-state index in [1.807, 2.05) is 18.5 Å². The van der Waals surface area contributed by atoms with Crippen molar-refractivity contribution in [2.24, 2.45) is 7.05 Å². The van der Waals surface area contributed by atoms with Crippen LogP contribution in [0.1, 0.15) is 84.5 Å². The molecule has 3 aromatic carbocycles. The third-order valence-electron chi connectivity index (χ3n) is 8.99. The van der Waals surface area contributed by atoms with Crippen LogP contribution in [0.2, 0.25) is 0 Å². The largest absolute Gasteiger partial charge is 0.507 e. The summed E-state index contributed by atoms with van der Waals surface area (Å²) in [5.41, 5.74) is 2.85. The van der Waals surface area contributed by atoms with Crippen LogP contribution in [0.3, 0.4) is 0 Å². The minimum Gasteiger partial charge on any atom is -0.507 e. The van der Waals surface area contributed by atoms with Crippen molar-refractivity contribution in [3.05, 3.63) is 114 Å². The highest BCUT2D eigenvalue weighted by molar-refractivity contribution is 6.08. The number of fused-ring (bicyclic) bond motifs is 1. The summed E-state index contributed by atoms with van der Waals surface area (Å²) in [5, 5.41) is 24.0. The Hall–Kier alpha value is -6.57. The average Bonchev–Trinajstić information content (AvgIpc) is 3.51. The van der Waals surface area contributed by atoms with Gasteiger partial charge in [0.15, 0.2) is 0 Å². The Kier molecular flexibility index (Phi) is 13.7. The Morgan fingerprint density at radius 1 is 0.927 bits per heavy atom. The van der Waals surface area contributed by atoms with E-state index in [2.05, 4.69) is 22.5 Å². The number of aromatic nitrogens is 3. The lowest BCUT2D eigenvalue weighted by Gasteiger charge is -2.30. The number of esters is 2. The second-order valence-corrected chi connectivity index (χ2v) is 12.8. The van der Waals surface area contributed by atoms with Gasteiger partial charge < -0.3 is 24.5 Å². The minimum atomic E-state index is -0.989. The number of unbranched alkanes of at least 4 members (excludes halogenated alkanes) is 3. The maximum atomic E-state index is 14.2. The van der Waals surface area contributed by atoms with Gasteiger partial charge in [0, 0.05) is 36.1 Å². The van der Waals surface area contributed by atoms with Gasteiger partial charge in [-0.2, -0.15) is 0 Å². The number of amides is 2. The first-order valence-electron chi connectivity index (χ1n) is 18.2. The zero-order chi connectivity index (χ0) is 39.3. The van der Waals surface area contributed by atoms with Crippen LogP contribution in [-0.4, -0.2) is 62.1 Å². The molecule has 2 heterocycles. The molecule has 14 heteroatoms. The molecule has 0 spiro atoms. The molecule has 0 aliphatic heterocycles. The number of aryl methyl sites for hydroxylation is 1. The summed E-state index contributed by atoms with van der Waals surface area (Å²) in [6, 6.07) is 22.4. The number of amidine groups is 1. The molecule has 0 radical (unpaired) electrons. The monoisotopic (exact) mass is 747 g/mol. The molecular weight excluding hydrogens is 702 g/mol. The van der Waals surface area contributed by atoms with Crippen molar-refractivity contribution in [1.82, 2.24) is 19.9 Å². The van der Waals surface area contributed by atoms with Gasteiger partial charge in [0.1, 0.15) is 28.8 Å². The number of phenols is 1. The number of nitrogens with one attached hydrogen (secondary N) is 3. The van der Waals surface area contributed by atoms with Crippen LogP contribution >= 0.6 is 0 Å². The molecule has 0 fully saturated rings. The average molecular weight is 748 g/mol. The number of benzene rings is 3. The van der Waals surface area contributed by atoms with Crippen molar-refractivity contribution in [2.75, 3.05) is 16.8 Å². The highest BCUT2D eigenvalue weighted by Crippen LogP contribution is 2.25. The highest BCUT2D eigenvalue weighted by Gasteiger charge is 2.30. The molecule has 0 bridgehead atoms. The van der Waals surface area contributed by atoms with Crippen LogP contribution in [0.4, 0.5) is 16.3 Å². The number of hydrogen-bond donors (Lipinski definition) is 4. The quantitative estimate of drug-likeness (QED) is 0.0266. The smallest absolute Gasteiger partial charge is 0.412 e. The number of aromatic hydroxyl groups is 1. The fourth-order valence-electron chi connectivity index (χ4n) is 5.93. The van der Waals surface area contributed by atoms with Crippen molar-refractivity contribution >= 4 is 52.3 Å². The summed E-state index contributed by atoms with van der Waals surface area (Å²) >= 11 is 0. The molecule has 0 saturated carbocycles. The number of hydrogen-bond acceptors (Lipinski definition) is 11. The zero-order valence-corrected chi connectivity index (χ0v) is 31.1. The lowest BCUT2D eigenvalue weighted by molar-refractivity contribution is -0.138. The highest BCUT2D eigenvalue weighted by atomic mass is 16.6. The molecule has 5 aromatic rings. The van der Waals surface area contributed by atoms with Crippen molar-refractivity contribution in [1.29, 1.82) is 5.41 Å². The lowest BCUT2D eigenvalue weighted by Crippen LogP contribution is -2.42. The Balaban J connectivity index is 1.25. The maximum Gasteiger partial charge on any atom is 0.412 e. The fraction of sp³-hybridized carbons (Fsp3) is 0.293. The van der Waals surface area contributed by atoms with Gasteiger partial charge in [0.2, 0.25) is 0 Å². The standard InChI is InChI=1S/C41H45N7O7/c1-4-6-7-12-23-54-41(53)46-38(42)27-16-19-29(20-17-27)44-26-36-45-32-24-28(18-21-33(32)47(36)3)39(51)48(35-15-10-11-22-43-35)30(5-2)25-37(50)55-40(52)31-13-8-9-14-34(31)49/h8-11,13-22,24,30,44,49H,4-7,12,23,25-26H2,1-3H3,(H2,42,46,53). The lowest BCUT2D eigenvalue weighted by atomic mass is 10.1. The molecule has 5 rings (SSSR count). The molecule has 1 unspecified atom stereocenters. The number of imidazole rings is 1. The molecule has 0 aliphatic carbocycles. The number of phenolic OH excluding ortho intramolecular Hbond substituents is 1. The van der Waals surface area contributed by atoms with Gasteiger partial charge in [0.25, 0.3) is 5.91 Å². The summed E-state index contributed by atoms with van der Waals surface area (Å²) in [4.78, 5) is 62.5. The van der Waals surface area contributed by atoms with Crippen molar-refractivity contribution < 1.29 is 33.8 Å². The van der Waals surface area contributed by atoms with Gasteiger partial charge in [-0.15, -0.1) is 0 Å². The van der Waals surface area contributed by atoms with Gasteiger partial charge >= 0.3 is 18.0 Å². The number of para-hydroxylation sites is 1. The van der Waals surface area contributed by atoms with Crippen molar-refractivity contribution in [2.45, 2.75) is 65.0 Å². The number of nitrogens with zero attached hydrogens (tertiary/aromatic N) is 4. The number of carbonyl (C=O) groups excluding carboxylic acids is 4. The van der Waals surface area contributed by atoms with E-state index in [4.69, 9.17) is 19.9 Å². The number of pyridine rings is 1. The number of anilines is 2. The molecule has 0 saturated heterocycles. The molecule has 4 N–H and O–H groups in total. The van der Waals surface area contributed by atoms with E-state index in [1.165, 1.54) is 17.0 Å². The van der Waals surface area contributed by atoms with E-state index in [1.54, 1.807) is 79.0 Å². The predicted octanol–water partition coefficient (Wildman–Crippen LogP) is 7.12. The SMILES string of the molecule is CCCCCCOC(=O)NC(=N)c1ccc(NCc2nc3cc(C(=O)N(c4ccccn4)C(CC)CC(=O)OC(=O)c4ccccc4O)ccc3n2C)cc1. The van der Waals surface area contributed by atoms with Crippen LogP contribution in [-0.2, 0) is 27.9 Å². The third-order valence-corrected chi connectivity index (χ3v) is 8.99. The van der Waals surface area contributed by atoms with E-state index < -0.39 is 30.0 Å². The van der Waals surface area contributed by atoms with Gasteiger partial charge in [0.05, 0.1) is 30.6 Å². The molecule has 55 heavy (non-hydrogen) atoms. The van der Waals surface area contributed by atoms with Crippen LogP contribution in [0.15, 0.2) is 91.1 Å². The first-order valence-corrected chi connectivity index (χ1v) is 18.2. The molecule has 2 aromatic heterocycles. The second-order valence-electron chi connectivity index (χ2n) is 12.8. The number of alkyl carbamates (subject to hydrolysis) is 1. The summed E-state index contributed by atoms with van der Waals surface area (Å²) in [6.45, 7) is 4.60. The topological polar surface area (TPSA) is 189 Å². The van der Waals surface area contributed by atoms with Crippen LogP contribution in [0.5, 0.6) is 5.75 Å². The van der Waals surface area contributed by atoms with Gasteiger partial charge in [-0.3, -0.25) is 25.2 Å². The zero-order valence-electron chi connectivity index (χ0n) is 31.1. The normalized spacial score (nSPS) is 11.4. The van der Waals surface area contributed by atoms with Crippen LogP contribution < -0.4 is 15.5 Å². The van der Waals surface area contributed by atoms with Crippen molar-refractivity contribution in [3.63, 3.8) is 0 Å². The summed E-state index contributed by atoms with van der Waals surface area (Å²) in [5.74, 6) is -1.62. The van der Waals surface area contributed by atoms with Crippen molar-refractivity contribution in [3.8, 4) is 5.75 Å². The number of ether oxygens (including phenoxy) is 2. The minimum absolute atomic E-state index is 0.0584. The van der Waals surface area contributed by atoms with Gasteiger partial charge in [-0.1, -0.05) is 51.3 Å². The molecular formula is C41H45N7O7. The number of rotatable bonds is 16. The molecule has 14 nitrogen and oxygen atoms in total. The molecule has 2 amide bonds. The Morgan fingerprint density at radius 2 is 1.67 bits per heavy atom. The van der Waals surface area contributed by atoms with E-state index in [9.17, 15) is 24.3 Å². The fourth-order valence-corrected chi connectivity index (χ4v) is 5.93. The van der Waals surface area contributed by atoms with Gasteiger partial charge in [-0.05, 0) is 79.6 Å². The van der Waals surface area contributed by atoms with Crippen LogP contribution in [0, 0.1) is 5.41 Å². The molecule has 0 aliphatic rings. The van der Waals surface area contributed by atoms with E-state index in [0.29, 0.717) is 47.9 Å². The first kappa shape index (κ1) is 39.6. The second kappa shape index (κ2) is 19.0. The van der Waals surface area contributed by atoms with E-state index in [0.717, 1.165) is 36.9 Å². The Morgan fingerprint density at radius 3 is 2.38 bits per heavy atom. The van der Waals surface area contributed by atoms with E-state index in [-0.39, 0.29) is 23.6 Å². The first-order chi connectivity index (χ1) is 26.6. The molecule has 286 valence electrons. The predicted molar refractivity (Wildman–Crippen MR) is 208 cm³/mol. The maximum absolute atomic E-state index is 14.2. The summed E-state index contributed by atoms with van der Waals surface area (Å²) in [7, 11) is 1.88. The Bertz CT molecular complexity index is 2130. The van der Waals surface area contributed by atoms with Crippen LogP contribution in [0.25, 0.3) is 11.0 Å². The van der Waals surface area contributed by atoms with Gasteiger partial charge in [-0.25, -0.2) is 19.6 Å².